The van der Waals surface area contributed by atoms with E-state index in [1.54, 1.807) is 50.2 Å². The highest BCUT2D eigenvalue weighted by Gasteiger charge is 2.17. The van der Waals surface area contributed by atoms with Gasteiger partial charge < -0.3 is 14.0 Å². The first-order valence-corrected chi connectivity index (χ1v) is 11.4. The second kappa shape index (κ2) is 9.23. The maximum absolute atomic E-state index is 12.7. The highest BCUT2D eigenvalue weighted by molar-refractivity contribution is 7.90. The van der Waals surface area contributed by atoms with E-state index in [2.05, 4.69) is 4.40 Å². The van der Waals surface area contributed by atoms with Crippen LogP contribution in [0.15, 0.2) is 57.8 Å². The molecule has 0 unspecified atom stereocenters. The number of rotatable bonds is 7. The van der Waals surface area contributed by atoms with Gasteiger partial charge in [0.25, 0.3) is 10.0 Å². The molecule has 10 heteroatoms. The van der Waals surface area contributed by atoms with Crippen LogP contribution in [0.4, 0.5) is 0 Å². The number of carbonyl (C=O) groups is 2. The van der Waals surface area contributed by atoms with E-state index in [1.165, 1.54) is 16.7 Å². The largest absolute Gasteiger partial charge is 0.465 e. The monoisotopic (exact) mass is 448 g/mol. The number of benzene rings is 2. The van der Waals surface area contributed by atoms with Gasteiger partial charge in [-0.25, -0.2) is 4.79 Å². The molecule has 0 aliphatic rings. The molecule has 0 saturated heterocycles. The van der Waals surface area contributed by atoms with Crippen molar-refractivity contribution in [2.24, 2.45) is 4.40 Å². The van der Waals surface area contributed by atoms with Crippen molar-refractivity contribution in [1.29, 1.82) is 0 Å². The number of thiazole rings is 1. The van der Waals surface area contributed by atoms with Gasteiger partial charge in [-0.2, -0.15) is 8.42 Å². The van der Waals surface area contributed by atoms with E-state index in [1.807, 2.05) is 0 Å². The van der Waals surface area contributed by atoms with Crippen LogP contribution in [0, 0.1) is 0 Å². The Morgan fingerprint density at radius 1 is 1.03 bits per heavy atom. The summed E-state index contributed by atoms with van der Waals surface area (Å²) in [5, 5.41) is 0. The third-order valence-corrected chi connectivity index (χ3v) is 6.46. The lowest BCUT2D eigenvalue weighted by atomic mass is 10.2. The Morgan fingerprint density at radius 2 is 1.73 bits per heavy atom. The van der Waals surface area contributed by atoms with Crippen molar-refractivity contribution in [3.63, 3.8) is 0 Å². The van der Waals surface area contributed by atoms with E-state index in [-0.39, 0.29) is 29.5 Å². The Balaban J connectivity index is 2.18. The van der Waals surface area contributed by atoms with Gasteiger partial charge in [-0.05, 0) is 44.2 Å². The van der Waals surface area contributed by atoms with Crippen LogP contribution in [0.25, 0.3) is 10.2 Å². The minimum absolute atomic E-state index is 0.0392. The number of esters is 2. The number of sulfonamides is 1. The normalized spacial score (nSPS) is 12.1. The molecule has 3 aromatic rings. The summed E-state index contributed by atoms with van der Waals surface area (Å²) in [5.41, 5.74) is 0.884. The topological polar surface area (TPSA) is 104 Å². The fourth-order valence-electron chi connectivity index (χ4n) is 2.72. The standard InChI is InChI=1S/C20H20N2O6S2/c1-3-27-18(23)13-22-16-11-10-14(19(24)28-4-2)12-17(16)29-20(22)21-30(25,26)15-8-6-5-7-9-15/h5-12H,3-4,13H2,1-2H3. The number of ether oxygens (including phenoxy) is 2. The van der Waals surface area contributed by atoms with Crippen LogP contribution in [0.1, 0.15) is 24.2 Å². The van der Waals surface area contributed by atoms with Gasteiger partial charge in [0, 0.05) is 0 Å². The van der Waals surface area contributed by atoms with E-state index in [9.17, 15) is 18.0 Å². The summed E-state index contributed by atoms with van der Waals surface area (Å²) in [5.74, 6) is -1.01. The number of fused-ring (bicyclic) bond motifs is 1. The van der Waals surface area contributed by atoms with Crippen LogP contribution < -0.4 is 4.80 Å². The molecule has 0 amide bonds. The predicted octanol–water partition coefficient (Wildman–Crippen LogP) is 2.73. The summed E-state index contributed by atoms with van der Waals surface area (Å²) in [6.07, 6.45) is 0. The second-order valence-corrected chi connectivity index (χ2v) is 8.67. The summed E-state index contributed by atoms with van der Waals surface area (Å²) in [6, 6.07) is 12.6. The van der Waals surface area contributed by atoms with Gasteiger partial charge in [-0.3, -0.25) is 4.79 Å². The van der Waals surface area contributed by atoms with Crippen LogP contribution in [0.5, 0.6) is 0 Å². The highest BCUT2D eigenvalue weighted by Crippen LogP contribution is 2.21. The summed E-state index contributed by atoms with van der Waals surface area (Å²) >= 11 is 1.06. The molecule has 0 aliphatic carbocycles. The number of carbonyl (C=O) groups excluding carboxylic acids is 2. The van der Waals surface area contributed by atoms with Crippen LogP contribution >= 0.6 is 11.3 Å². The Hall–Kier alpha value is -2.98. The number of hydrogen-bond donors (Lipinski definition) is 0. The molecule has 1 heterocycles. The van der Waals surface area contributed by atoms with E-state index in [0.29, 0.717) is 15.8 Å². The number of hydrogen-bond acceptors (Lipinski definition) is 7. The zero-order valence-corrected chi connectivity index (χ0v) is 18.0. The molecule has 0 radical (unpaired) electrons. The third kappa shape index (κ3) is 4.77. The SMILES string of the molecule is CCOC(=O)Cn1c(=NS(=O)(=O)c2ccccc2)sc2cc(C(=O)OCC)ccc21. The van der Waals surface area contributed by atoms with E-state index in [0.717, 1.165) is 11.3 Å². The lowest BCUT2D eigenvalue weighted by molar-refractivity contribution is -0.143. The van der Waals surface area contributed by atoms with Crippen molar-refractivity contribution < 1.29 is 27.5 Å². The minimum atomic E-state index is -4.00. The summed E-state index contributed by atoms with van der Waals surface area (Å²) in [6.45, 7) is 3.62. The maximum Gasteiger partial charge on any atom is 0.338 e. The lowest BCUT2D eigenvalue weighted by Crippen LogP contribution is -2.23. The first kappa shape index (κ1) is 21.7. The number of aromatic nitrogens is 1. The van der Waals surface area contributed by atoms with Crippen molar-refractivity contribution in [2.75, 3.05) is 13.2 Å². The molecule has 0 spiro atoms. The van der Waals surface area contributed by atoms with Crippen molar-refractivity contribution in [1.82, 2.24) is 4.57 Å². The third-order valence-electron chi connectivity index (χ3n) is 4.03. The average Bonchev–Trinajstić information content (AvgIpc) is 3.04. The first-order valence-electron chi connectivity index (χ1n) is 9.18. The van der Waals surface area contributed by atoms with Crippen LogP contribution in [-0.4, -0.2) is 38.1 Å². The van der Waals surface area contributed by atoms with Gasteiger partial charge in [-0.15, -0.1) is 4.40 Å². The first-order chi connectivity index (χ1) is 14.4. The Morgan fingerprint density at radius 3 is 2.40 bits per heavy atom. The quantitative estimate of drug-likeness (QED) is 0.515. The van der Waals surface area contributed by atoms with E-state index < -0.39 is 22.0 Å². The Bertz CT molecular complexity index is 1240. The molecule has 30 heavy (non-hydrogen) atoms. The zero-order valence-electron chi connectivity index (χ0n) is 16.4. The molecule has 3 rings (SSSR count). The molecule has 0 bridgehead atoms. The molecule has 1 aromatic heterocycles. The van der Waals surface area contributed by atoms with Crippen LogP contribution in [0.2, 0.25) is 0 Å². The van der Waals surface area contributed by atoms with Gasteiger partial charge in [-0.1, -0.05) is 29.5 Å². The summed E-state index contributed by atoms with van der Waals surface area (Å²) < 4.78 is 41.5. The van der Waals surface area contributed by atoms with Gasteiger partial charge in [0.15, 0.2) is 0 Å². The van der Waals surface area contributed by atoms with Crippen molar-refractivity contribution in [3.05, 3.63) is 58.9 Å². The van der Waals surface area contributed by atoms with Crippen molar-refractivity contribution >= 4 is 43.5 Å². The molecule has 0 saturated carbocycles. The van der Waals surface area contributed by atoms with Crippen molar-refractivity contribution in [3.8, 4) is 0 Å². The smallest absolute Gasteiger partial charge is 0.338 e. The molecule has 0 aliphatic heterocycles. The Labute approximate surface area is 177 Å². The number of nitrogens with zero attached hydrogens (tertiary/aromatic N) is 2. The van der Waals surface area contributed by atoms with E-state index >= 15 is 0 Å². The molecule has 158 valence electrons. The molecule has 0 atom stereocenters. The second-order valence-electron chi connectivity index (χ2n) is 6.06. The molecule has 0 N–H and O–H groups in total. The van der Waals surface area contributed by atoms with Gasteiger partial charge in [0.05, 0.1) is 33.9 Å². The highest BCUT2D eigenvalue weighted by atomic mass is 32.2. The van der Waals surface area contributed by atoms with Gasteiger partial charge in [0.1, 0.15) is 6.54 Å². The molecular weight excluding hydrogens is 428 g/mol. The zero-order chi connectivity index (χ0) is 21.7. The summed E-state index contributed by atoms with van der Waals surface area (Å²) in [7, 11) is -4.00. The molecule has 0 fully saturated rings. The Kier molecular flexibility index (Phi) is 6.68. The predicted molar refractivity (Wildman–Crippen MR) is 112 cm³/mol. The maximum atomic E-state index is 12.7. The fraction of sp³-hybridized carbons (Fsp3) is 0.250. The molecular formula is C20H20N2O6S2. The van der Waals surface area contributed by atoms with Gasteiger partial charge >= 0.3 is 11.9 Å². The molecule has 8 nitrogen and oxygen atoms in total. The summed E-state index contributed by atoms with van der Waals surface area (Å²) in [4.78, 5) is 24.3. The van der Waals surface area contributed by atoms with Crippen LogP contribution in [-0.2, 0) is 30.8 Å². The van der Waals surface area contributed by atoms with E-state index in [4.69, 9.17) is 9.47 Å². The van der Waals surface area contributed by atoms with Gasteiger partial charge in [0.2, 0.25) is 4.80 Å². The fourth-order valence-corrected chi connectivity index (χ4v) is 5.01. The minimum Gasteiger partial charge on any atom is -0.465 e. The van der Waals surface area contributed by atoms with Crippen molar-refractivity contribution in [2.45, 2.75) is 25.3 Å². The average molecular weight is 449 g/mol. The van der Waals surface area contributed by atoms with Crippen LogP contribution in [0.3, 0.4) is 0 Å². The molecule has 2 aromatic carbocycles. The lowest BCUT2D eigenvalue weighted by Gasteiger charge is -2.06.